The lowest BCUT2D eigenvalue weighted by Crippen LogP contribution is -2.45. The molecule has 0 bridgehead atoms. The molecule has 0 fully saturated rings. The minimum atomic E-state index is 0.0316. The maximum atomic E-state index is 11.7. The molecule has 96 valence electrons. The van der Waals surface area contributed by atoms with Crippen molar-refractivity contribution in [2.24, 2.45) is 5.92 Å². The van der Waals surface area contributed by atoms with Crippen LogP contribution in [-0.4, -0.2) is 50.1 Å². The van der Waals surface area contributed by atoms with Crippen LogP contribution in [0.4, 0.5) is 0 Å². The number of nitrogens with zero attached hydrogens (tertiary/aromatic N) is 1. The van der Waals surface area contributed by atoms with E-state index in [1.807, 2.05) is 14.0 Å². The molecule has 2 atom stereocenters. The Labute approximate surface area is 99.8 Å². The highest BCUT2D eigenvalue weighted by atomic mass is 16.1. The van der Waals surface area contributed by atoms with Crippen molar-refractivity contribution >= 4 is 5.91 Å². The molecule has 4 heteroatoms. The summed E-state index contributed by atoms with van der Waals surface area (Å²) in [5.74, 6) is 0.165. The first-order valence-corrected chi connectivity index (χ1v) is 6.22. The van der Waals surface area contributed by atoms with Crippen LogP contribution in [0.1, 0.15) is 27.7 Å². The summed E-state index contributed by atoms with van der Waals surface area (Å²) in [4.78, 5) is 14.0. The molecule has 2 N–H and O–H groups in total. The quantitative estimate of drug-likeness (QED) is 0.643. The Kier molecular flexibility index (Phi) is 8.21. The first-order chi connectivity index (χ1) is 7.54. The molecule has 0 aliphatic heterocycles. The van der Waals surface area contributed by atoms with Gasteiger partial charge in [-0.05, 0) is 27.1 Å². The molecule has 0 aliphatic carbocycles. The van der Waals surface area contributed by atoms with Gasteiger partial charge in [-0.2, -0.15) is 0 Å². The largest absolute Gasteiger partial charge is 0.352 e. The average molecular weight is 229 g/mol. The minimum Gasteiger partial charge on any atom is -0.352 e. The number of carbonyl (C=O) groups excluding carboxylic acids is 1. The Balaban J connectivity index is 3.94. The summed E-state index contributed by atoms with van der Waals surface area (Å²) in [6.07, 6.45) is 0. The van der Waals surface area contributed by atoms with E-state index in [-0.39, 0.29) is 17.9 Å². The molecule has 0 aliphatic rings. The van der Waals surface area contributed by atoms with E-state index >= 15 is 0 Å². The molecule has 0 saturated carbocycles. The molecule has 0 radical (unpaired) electrons. The van der Waals surface area contributed by atoms with Gasteiger partial charge < -0.3 is 15.5 Å². The second-order valence-electron chi connectivity index (χ2n) is 4.35. The Hall–Kier alpha value is -0.610. The Morgan fingerprint density at radius 3 is 2.25 bits per heavy atom. The third kappa shape index (κ3) is 6.08. The van der Waals surface area contributed by atoms with Crippen LogP contribution in [0, 0.1) is 5.92 Å². The fourth-order valence-corrected chi connectivity index (χ4v) is 1.70. The average Bonchev–Trinajstić information content (AvgIpc) is 2.26. The summed E-state index contributed by atoms with van der Waals surface area (Å²) in [5.41, 5.74) is 0. The summed E-state index contributed by atoms with van der Waals surface area (Å²) < 4.78 is 0. The molecule has 2 unspecified atom stereocenters. The van der Waals surface area contributed by atoms with E-state index in [2.05, 4.69) is 36.3 Å². The van der Waals surface area contributed by atoms with Gasteiger partial charge in [0.1, 0.15) is 0 Å². The predicted molar refractivity (Wildman–Crippen MR) is 68.5 cm³/mol. The van der Waals surface area contributed by atoms with Crippen LogP contribution in [0.15, 0.2) is 0 Å². The number of hydrogen-bond donors (Lipinski definition) is 2. The van der Waals surface area contributed by atoms with Gasteiger partial charge in [0.15, 0.2) is 0 Å². The maximum absolute atomic E-state index is 11.7. The Bertz CT molecular complexity index is 193. The molecular formula is C12H27N3O. The lowest BCUT2D eigenvalue weighted by Gasteiger charge is -2.24. The minimum absolute atomic E-state index is 0.0316. The zero-order valence-electron chi connectivity index (χ0n) is 11.3. The van der Waals surface area contributed by atoms with E-state index in [0.717, 1.165) is 26.2 Å². The van der Waals surface area contributed by atoms with Crippen LogP contribution < -0.4 is 10.6 Å². The summed E-state index contributed by atoms with van der Waals surface area (Å²) in [7, 11) is 1.86. The number of hydrogen-bond acceptors (Lipinski definition) is 3. The maximum Gasteiger partial charge on any atom is 0.224 e. The zero-order chi connectivity index (χ0) is 12.6. The SMILES string of the molecule is CCN(CC)CC(C)NC(=O)C(C)CNC. The van der Waals surface area contributed by atoms with Gasteiger partial charge in [0.25, 0.3) is 0 Å². The van der Waals surface area contributed by atoms with E-state index < -0.39 is 0 Å². The Morgan fingerprint density at radius 1 is 1.25 bits per heavy atom. The van der Waals surface area contributed by atoms with Gasteiger partial charge in [-0.1, -0.05) is 20.8 Å². The lowest BCUT2D eigenvalue weighted by molar-refractivity contribution is -0.125. The summed E-state index contributed by atoms with van der Waals surface area (Å²) in [5, 5.41) is 6.06. The van der Waals surface area contributed by atoms with Crippen molar-refractivity contribution in [3.8, 4) is 0 Å². The molecule has 0 spiro atoms. The normalized spacial score (nSPS) is 14.9. The van der Waals surface area contributed by atoms with Crippen LogP contribution in [-0.2, 0) is 4.79 Å². The molecule has 4 nitrogen and oxygen atoms in total. The Morgan fingerprint density at radius 2 is 1.81 bits per heavy atom. The molecule has 0 heterocycles. The van der Waals surface area contributed by atoms with Gasteiger partial charge in [0.2, 0.25) is 5.91 Å². The van der Waals surface area contributed by atoms with Crippen molar-refractivity contribution in [2.45, 2.75) is 33.7 Å². The summed E-state index contributed by atoms with van der Waals surface area (Å²) in [6.45, 7) is 12.0. The molecule has 0 saturated heterocycles. The van der Waals surface area contributed by atoms with Gasteiger partial charge in [-0.15, -0.1) is 0 Å². The number of nitrogens with one attached hydrogen (secondary N) is 2. The van der Waals surface area contributed by atoms with E-state index in [1.54, 1.807) is 0 Å². The molecule has 16 heavy (non-hydrogen) atoms. The van der Waals surface area contributed by atoms with Crippen LogP contribution in [0.25, 0.3) is 0 Å². The van der Waals surface area contributed by atoms with Crippen molar-refractivity contribution in [3.05, 3.63) is 0 Å². The van der Waals surface area contributed by atoms with Crippen LogP contribution >= 0.6 is 0 Å². The summed E-state index contributed by atoms with van der Waals surface area (Å²) in [6, 6.07) is 0.215. The van der Waals surface area contributed by atoms with Crippen molar-refractivity contribution < 1.29 is 4.79 Å². The number of rotatable bonds is 8. The highest BCUT2D eigenvalue weighted by Gasteiger charge is 2.15. The monoisotopic (exact) mass is 229 g/mol. The molecule has 1 amide bonds. The van der Waals surface area contributed by atoms with Crippen molar-refractivity contribution in [2.75, 3.05) is 33.2 Å². The smallest absolute Gasteiger partial charge is 0.224 e. The van der Waals surface area contributed by atoms with Gasteiger partial charge in [0.05, 0.1) is 0 Å². The standard InChI is InChI=1S/C12H27N3O/c1-6-15(7-2)9-11(4)14-12(16)10(3)8-13-5/h10-11,13H,6-9H2,1-5H3,(H,14,16). The van der Waals surface area contributed by atoms with Gasteiger partial charge >= 0.3 is 0 Å². The first kappa shape index (κ1) is 15.4. The fraction of sp³-hybridized carbons (Fsp3) is 0.917. The van der Waals surface area contributed by atoms with E-state index in [9.17, 15) is 4.79 Å². The fourth-order valence-electron chi connectivity index (χ4n) is 1.70. The predicted octanol–water partition coefficient (Wildman–Crippen LogP) is 0.688. The second kappa shape index (κ2) is 8.53. The van der Waals surface area contributed by atoms with Crippen molar-refractivity contribution in [1.29, 1.82) is 0 Å². The van der Waals surface area contributed by atoms with Gasteiger partial charge in [0, 0.05) is 25.0 Å². The molecule has 0 aromatic rings. The number of carbonyl (C=O) groups is 1. The second-order valence-corrected chi connectivity index (χ2v) is 4.35. The topological polar surface area (TPSA) is 44.4 Å². The lowest BCUT2D eigenvalue weighted by atomic mass is 10.1. The zero-order valence-corrected chi connectivity index (χ0v) is 11.3. The summed E-state index contributed by atoms with van der Waals surface area (Å²) >= 11 is 0. The van der Waals surface area contributed by atoms with E-state index in [0.29, 0.717) is 0 Å². The van der Waals surface area contributed by atoms with Crippen molar-refractivity contribution in [3.63, 3.8) is 0 Å². The third-order valence-electron chi connectivity index (χ3n) is 2.77. The van der Waals surface area contributed by atoms with Gasteiger partial charge in [-0.3, -0.25) is 4.79 Å². The third-order valence-corrected chi connectivity index (χ3v) is 2.77. The van der Waals surface area contributed by atoms with Crippen molar-refractivity contribution in [1.82, 2.24) is 15.5 Å². The highest BCUT2D eigenvalue weighted by molar-refractivity contribution is 5.78. The van der Waals surface area contributed by atoms with Crippen LogP contribution in [0.5, 0.6) is 0 Å². The van der Waals surface area contributed by atoms with Gasteiger partial charge in [-0.25, -0.2) is 0 Å². The van der Waals surface area contributed by atoms with Crippen LogP contribution in [0.3, 0.4) is 0 Å². The molecule has 0 aromatic carbocycles. The number of likely N-dealkylation sites (N-methyl/N-ethyl adjacent to an activating group) is 1. The highest BCUT2D eigenvalue weighted by Crippen LogP contribution is 1.96. The molecular weight excluding hydrogens is 202 g/mol. The molecule has 0 rings (SSSR count). The first-order valence-electron chi connectivity index (χ1n) is 6.22. The molecule has 0 aromatic heterocycles. The van der Waals surface area contributed by atoms with E-state index in [1.165, 1.54) is 0 Å². The van der Waals surface area contributed by atoms with E-state index in [4.69, 9.17) is 0 Å². The number of amides is 1. The van der Waals surface area contributed by atoms with Crippen LogP contribution in [0.2, 0.25) is 0 Å².